The topological polar surface area (TPSA) is 66.5 Å². The molecule has 0 bridgehead atoms. The van der Waals surface area contributed by atoms with E-state index < -0.39 is 9.84 Å². The fourth-order valence-electron chi connectivity index (χ4n) is 2.98. The maximum atomic E-state index is 12.2. The number of rotatable bonds is 4. The fraction of sp³-hybridized carbons (Fsp3) is 0.316. The van der Waals surface area contributed by atoms with Crippen molar-refractivity contribution in [3.05, 3.63) is 59.7 Å². The van der Waals surface area contributed by atoms with Crippen LogP contribution in [0.15, 0.2) is 48.5 Å². The van der Waals surface area contributed by atoms with E-state index in [0.29, 0.717) is 17.7 Å². The molecule has 1 aliphatic heterocycles. The molecular weight excluding hydrogens is 336 g/mol. The molecule has 0 spiro atoms. The Balaban J connectivity index is 1.66. The highest BCUT2D eigenvalue weighted by atomic mass is 32.2. The molecule has 3 rings (SSSR count). The van der Waals surface area contributed by atoms with E-state index in [1.54, 1.807) is 12.1 Å². The highest BCUT2D eigenvalue weighted by Crippen LogP contribution is 2.24. The molecule has 0 saturated carbocycles. The van der Waals surface area contributed by atoms with Gasteiger partial charge in [0, 0.05) is 30.0 Å². The van der Waals surface area contributed by atoms with Crippen molar-refractivity contribution >= 4 is 27.1 Å². The van der Waals surface area contributed by atoms with Crippen LogP contribution in [-0.4, -0.2) is 38.9 Å². The number of aryl methyl sites for hydroxylation is 1. The van der Waals surface area contributed by atoms with Crippen LogP contribution in [-0.2, 0) is 9.84 Å². The van der Waals surface area contributed by atoms with Crippen molar-refractivity contribution in [3.8, 4) is 0 Å². The number of carbonyl (C=O) groups excluding carboxylic acids is 1. The first-order chi connectivity index (χ1) is 11.8. The van der Waals surface area contributed by atoms with Crippen LogP contribution < -0.4 is 10.2 Å². The largest absolute Gasteiger partial charge is 0.371 e. The van der Waals surface area contributed by atoms with Crippen LogP contribution in [0.3, 0.4) is 0 Å². The Morgan fingerprint density at radius 1 is 1.08 bits per heavy atom. The van der Waals surface area contributed by atoms with Gasteiger partial charge in [-0.15, -0.1) is 0 Å². The Bertz CT molecular complexity index is 859. The minimum atomic E-state index is -2.90. The zero-order chi connectivity index (χ0) is 18.0. The van der Waals surface area contributed by atoms with E-state index in [4.69, 9.17) is 0 Å². The van der Waals surface area contributed by atoms with E-state index in [1.165, 1.54) is 0 Å². The summed E-state index contributed by atoms with van der Waals surface area (Å²) in [5.41, 5.74) is 3.37. The third-order valence-electron chi connectivity index (χ3n) is 4.60. The first-order valence-electron chi connectivity index (χ1n) is 8.25. The molecule has 25 heavy (non-hydrogen) atoms. The van der Waals surface area contributed by atoms with Gasteiger partial charge in [0.1, 0.15) is 0 Å². The minimum absolute atomic E-state index is 0.0120. The highest BCUT2D eigenvalue weighted by Gasteiger charge is 2.30. The Morgan fingerprint density at radius 3 is 2.28 bits per heavy atom. The van der Waals surface area contributed by atoms with E-state index in [2.05, 4.69) is 5.32 Å². The molecule has 132 valence electrons. The first-order valence-corrected chi connectivity index (χ1v) is 10.1. The second-order valence-electron chi connectivity index (χ2n) is 6.53. The molecule has 0 aliphatic carbocycles. The molecule has 2 aromatic rings. The maximum absolute atomic E-state index is 12.2. The van der Waals surface area contributed by atoms with E-state index in [1.807, 2.05) is 55.3 Å². The molecule has 1 N–H and O–H groups in total. The van der Waals surface area contributed by atoms with Crippen LogP contribution in [0.25, 0.3) is 0 Å². The Morgan fingerprint density at radius 2 is 1.72 bits per heavy atom. The Hall–Kier alpha value is -2.34. The maximum Gasteiger partial charge on any atom is 0.255 e. The van der Waals surface area contributed by atoms with Crippen LogP contribution in [0.5, 0.6) is 0 Å². The number of anilines is 2. The molecule has 6 heteroatoms. The monoisotopic (exact) mass is 358 g/mol. The van der Waals surface area contributed by atoms with E-state index in [0.717, 1.165) is 11.3 Å². The second-order valence-corrected chi connectivity index (χ2v) is 8.76. The number of hydrogen-bond acceptors (Lipinski definition) is 4. The summed E-state index contributed by atoms with van der Waals surface area (Å²) in [6.45, 7) is 1.98. The van der Waals surface area contributed by atoms with E-state index >= 15 is 0 Å². The number of sulfone groups is 1. The summed E-state index contributed by atoms with van der Waals surface area (Å²) in [7, 11) is -0.997. The summed E-state index contributed by atoms with van der Waals surface area (Å²) < 4.78 is 23.3. The lowest BCUT2D eigenvalue weighted by atomic mass is 10.1. The van der Waals surface area contributed by atoms with Crippen LogP contribution in [0.1, 0.15) is 22.3 Å². The summed E-state index contributed by atoms with van der Waals surface area (Å²) >= 11 is 0. The van der Waals surface area contributed by atoms with Gasteiger partial charge in [-0.2, -0.15) is 0 Å². The number of nitrogens with one attached hydrogen (secondary N) is 1. The number of benzene rings is 2. The van der Waals surface area contributed by atoms with E-state index in [9.17, 15) is 13.2 Å². The SMILES string of the molecule is Cc1ccc(C(=O)Nc2ccc(N(C)C3CCS(=O)(=O)C3)cc2)cc1. The van der Waals surface area contributed by atoms with Crippen LogP contribution in [0, 0.1) is 6.92 Å². The van der Waals surface area contributed by atoms with E-state index in [-0.39, 0.29) is 23.5 Å². The van der Waals surface area contributed by atoms with Crippen molar-refractivity contribution in [1.29, 1.82) is 0 Å². The fourth-order valence-corrected chi connectivity index (χ4v) is 4.75. The predicted molar refractivity (Wildman–Crippen MR) is 101 cm³/mol. The summed E-state index contributed by atoms with van der Waals surface area (Å²) in [5.74, 6) is 0.310. The zero-order valence-corrected chi connectivity index (χ0v) is 15.2. The normalized spacial score (nSPS) is 18.7. The van der Waals surface area contributed by atoms with Gasteiger partial charge < -0.3 is 10.2 Å². The molecule has 1 saturated heterocycles. The molecule has 0 radical (unpaired) electrons. The molecule has 2 aromatic carbocycles. The number of carbonyl (C=O) groups is 1. The van der Waals surface area contributed by atoms with Gasteiger partial charge in [0.15, 0.2) is 9.84 Å². The average molecular weight is 358 g/mol. The molecule has 1 amide bonds. The van der Waals surface area contributed by atoms with Gasteiger partial charge in [0.2, 0.25) is 0 Å². The van der Waals surface area contributed by atoms with Crippen molar-refractivity contribution in [2.75, 3.05) is 28.8 Å². The van der Waals surface area contributed by atoms with Gasteiger partial charge in [-0.05, 0) is 49.7 Å². The summed E-state index contributed by atoms with van der Waals surface area (Å²) in [6, 6.07) is 14.9. The molecule has 1 fully saturated rings. The third kappa shape index (κ3) is 4.20. The lowest BCUT2D eigenvalue weighted by molar-refractivity contribution is 0.102. The van der Waals surface area contributed by atoms with Crippen LogP contribution in [0.2, 0.25) is 0 Å². The molecule has 1 unspecified atom stereocenters. The molecular formula is C19H22N2O3S. The van der Waals surface area contributed by atoms with Crippen LogP contribution in [0.4, 0.5) is 11.4 Å². The average Bonchev–Trinajstić information content (AvgIpc) is 2.95. The van der Waals surface area contributed by atoms with Gasteiger partial charge in [0.25, 0.3) is 5.91 Å². The highest BCUT2D eigenvalue weighted by molar-refractivity contribution is 7.91. The standard InChI is InChI=1S/C19H22N2O3S/c1-14-3-5-15(6-4-14)19(22)20-16-7-9-17(10-8-16)21(2)18-11-12-25(23,24)13-18/h3-10,18H,11-13H2,1-2H3,(H,20,22). The predicted octanol–water partition coefficient (Wildman–Crippen LogP) is 2.87. The van der Waals surface area contributed by atoms with Crippen molar-refractivity contribution in [2.24, 2.45) is 0 Å². The molecule has 1 atom stereocenters. The van der Waals surface area contributed by atoms with Gasteiger partial charge in [-0.25, -0.2) is 8.42 Å². The van der Waals surface area contributed by atoms with Gasteiger partial charge in [-0.1, -0.05) is 17.7 Å². The van der Waals surface area contributed by atoms with Crippen molar-refractivity contribution in [3.63, 3.8) is 0 Å². The molecule has 1 aliphatic rings. The van der Waals surface area contributed by atoms with Crippen molar-refractivity contribution in [2.45, 2.75) is 19.4 Å². The molecule has 1 heterocycles. The molecule has 0 aromatic heterocycles. The summed E-state index contributed by atoms with van der Waals surface area (Å²) in [5, 5.41) is 2.87. The number of hydrogen-bond donors (Lipinski definition) is 1. The smallest absolute Gasteiger partial charge is 0.255 e. The summed E-state index contributed by atoms with van der Waals surface area (Å²) in [4.78, 5) is 14.2. The Labute approximate surface area is 148 Å². The van der Waals surface area contributed by atoms with Crippen LogP contribution >= 0.6 is 0 Å². The summed E-state index contributed by atoms with van der Waals surface area (Å²) in [6.07, 6.45) is 0.657. The third-order valence-corrected chi connectivity index (χ3v) is 6.35. The van der Waals surface area contributed by atoms with Gasteiger partial charge in [-0.3, -0.25) is 4.79 Å². The quantitative estimate of drug-likeness (QED) is 0.913. The Kier molecular flexibility index (Phi) is 4.81. The first kappa shape index (κ1) is 17.5. The lowest BCUT2D eigenvalue weighted by Gasteiger charge is -2.25. The zero-order valence-electron chi connectivity index (χ0n) is 14.4. The van der Waals surface area contributed by atoms with Gasteiger partial charge in [0.05, 0.1) is 11.5 Å². The van der Waals surface area contributed by atoms with Crippen molar-refractivity contribution in [1.82, 2.24) is 0 Å². The molecule has 5 nitrogen and oxygen atoms in total. The van der Waals surface area contributed by atoms with Gasteiger partial charge >= 0.3 is 0 Å². The number of nitrogens with zero attached hydrogens (tertiary/aromatic N) is 1. The number of amides is 1. The minimum Gasteiger partial charge on any atom is -0.371 e. The lowest BCUT2D eigenvalue weighted by Crippen LogP contribution is -2.32. The second kappa shape index (κ2) is 6.88. The van der Waals surface area contributed by atoms with Crippen molar-refractivity contribution < 1.29 is 13.2 Å².